The smallest absolute Gasteiger partial charge is 0.0782 e. The number of pyridine rings is 1. The quantitative estimate of drug-likeness (QED) is 0.895. The number of aryl methyl sites for hydroxylation is 1. The third-order valence-corrected chi connectivity index (χ3v) is 3.01. The minimum absolute atomic E-state index is 0.161. The summed E-state index contributed by atoms with van der Waals surface area (Å²) in [5, 5.41) is 3.51. The van der Waals surface area contributed by atoms with E-state index in [1.165, 1.54) is 5.56 Å². The molecule has 2 aromatic heterocycles. The van der Waals surface area contributed by atoms with Gasteiger partial charge in [0.1, 0.15) is 0 Å². The monoisotopic (exact) mass is 242 g/mol. The lowest BCUT2D eigenvalue weighted by Crippen LogP contribution is -2.24. The summed E-state index contributed by atoms with van der Waals surface area (Å²) in [6.07, 6.45) is 7.12. The summed E-state index contributed by atoms with van der Waals surface area (Å²) in [5.74, 6) is 0. The second-order valence-electron chi connectivity index (χ2n) is 4.42. The van der Waals surface area contributed by atoms with Crippen LogP contribution in [0.3, 0.4) is 0 Å². The molecule has 4 heteroatoms. The van der Waals surface area contributed by atoms with Gasteiger partial charge in [-0.15, -0.1) is 0 Å². The molecule has 0 radical (unpaired) electrons. The predicted molar refractivity (Wildman–Crippen MR) is 71.0 cm³/mol. The van der Waals surface area contributed by atoms with E-state index in [0.29, 0.717) is 0 Å². The highest BCUT2D eigenvalue weighted by atomic mass is 15.0. The van der Waals surface area contributed by atoms with Crippen molar-refractivity contribution in [1.82, 2.24) is 20.3 Å². The average Bonchev–Trinajstić information content (AvgIpc) is 2.40. The van der Waals surface area contributed by atoms with E-state index in [4.69, 9.17) is 0 Å². The van der Waals surface area contributed by atoms with Crippen LogP contribution in [0.2, 0.25) is 0 Å². The van der Waals surface area contributed by atoms with Gasteiger partial charge in [0.25, 0.3) is 0 Å². The van der Waals surface area contributed by atoms with Crippen molar-refractivity contribution in [3.63, 3.8) is 0 Å². The molecule has 18 heavy (non-hydrogen) atoms. The fourth-order valence-corrected chi connectivity index (χ4v) is 2.03. The summed E-state index contributed by atoms with van der Waals surface area (Å²) in [7, 11) is 0. The number of rotatable bonds is 4. The molecule has 0 saturated carbocycles. The van der Waals surface area contributed by atoms with Crippen molar-refractivity contribution in [2.45, 2.75) is 32.9 Å². The van der Waals surface area contributed by atoms with E-state index in [-0.39, 0.29) is 12.1 Å². The first kappa shape index (κ1) is 12.6. The lowest BCUT2D eigenvalue weighted by molar-refractivity contribution is 0.482. The molecule has 2 heterocycles. The fourth-order valence-electron chi connectivity index (χ4n) is 2.03. The maximum absolute atomic E-state index is 4.38. The zero-order valence-corrected chi connectivity index (χ0v) is 11.0. The molecular weight excluding hydrogens is 224 g/mol. The standard InChI is InChI=1S/C14H18N4/c1-10(13-5-4-6-15-9-13)18-12(3)14-11(2)16-7-8-17-14/h4-10,12,18H,1-3H3. The summed E-state index contributed by atoms with van der Waals surface area (Å²) in [6.45, 7) is 6.21. The van der Waals surface area contributed by atoms with E-state index in [1.54, 1.807) is 18.6 Å². The number of hydrogen-bond acceptors (Lipinski definition) is 4. The molecule has 2 unspecified atom stereocenters. The molecule has 1 N–H and O–H groups in total. The van der Waals surface area contributed by atoms with E-state index < -0.39 is 0 Å². The van der Waals surface area contributed by atoms with E-state index in [0.717, 1.165) is 11.4 Å². The zero-order chi connectivity index (χ0) is 13.0. The van der Waals surface area contributed by atoms with Crippen LogP contribution in [0.15, 0.2) is 36.9 Å². The van der Waals surface area contributed by atoms with Gasteiger partial charge in [0, 0.05) is 36.9 Å². The molecule has 0 aliphatic carbocycles. The van der Waals surface area contributed by atoms with Crippen LogP contribution in [0.5, 0.6) is 0 Å². The topological polar surface area (TPSA) is 50.7 Å². The van der Waals surface area contributed by atoms with Crippen molar-refractivity contribution in [1.29, 1.82) is 0 Å². The number of nitrogens with zero attached hydrogens (tertiary/aromatic N) is 3. The Balaban J connectivity index is 2.08. The predicted octanol–water partition coefficient (Wildman–Crippen LogP) is 2.59. The Kier molecular flexibility index (Phi) is 3.99. The molecule has 0 fully saturated rings. The molecule has 0 aliphatic rings. The lowest BCUT2D eigenvalue weighted by Gasteiger charge is -2.20. The largest absolute Gasteiger partial charge is 0.302 e. The molecule has 0 amide bonds. The van der Waals surface area contributed by atoms with Gasteiger partial charge in [-0.1, -0.05) is 6.07 Å². The van der Waals surface area contributed by atoms with Gasteiger partial charge < -0.3 is 5.32 Å². The molecule has 2 atom stereocenters. The van der Waals surface area contributed by atoms with Gasteiger partial charge in [-0.05, 0) is 32.4 Å². The summed E-state index contributed by atoms with van der Waals surface area (Å²) in [6, 6.07) is 4.41. The number of hydrogen-bond donors (Lipinski definition) is 1. The summed E-state index contributed by atoms with van der Waals surface area (Å²) >= 11 is 0. The molecule has 2 aromatic rings. The Morgan fingerprint density at radius 1 is 1.06 bits per heavy atom. The summed E-state index contributed by atoms with van der Waals surface area (Å²) < 4.78 is 0. The molecule has 2 rings (SSSR count). The second kappa shape index (κ2) is 5.69. The minimum atomic E-state index is 0.161. The molecule has 0 aliphatic heterocycles. The van der Waals surface area contributed by atoms with Crippen LogP contribution < -0.4 is 5.32 Å². The van der Waals surface area contributed by atoms with Crippen LogP contribution in [0.1, 0.15) is 42.9 Å². The van der Waals surface area contributed by atoms with Crippen molar-refractivity contribution in [3.8, 4) is 0 Å². The van der Waals surface area contributed by atoms with Gasteiger partial charge in [-0.3, -0.25) is 15.0 Å². The van der Waals surface area contributed by atoms with Crippen LogP contribution in [-0.2, 0) is 0 Å². The number of aromatic nitrogens is 3. The zero-order valence-electron chi connectivity index (χ0n) is 11.0. The molecule has 0 saturated heterocycles. The van der Waals surface area contributed by atoms with Crippen LogP contribution in [0.4, 0.5) is 0 Å². The van der Waals surface area contributed by atoms with E-state index in [9.17, 15) is 0 Å². The molecular formula is C14H18N4. The number of nitrogens with one attached hydrogen (secondary N) is 1. The third-order valence-electron chi connectivity index (χ3n) is 3.01. The normalized spacial score (nSPS) is 14.2. The molecule has 94 valence electrons. The van der Waals surface area contributed by atoms with Crippen molar-refractivity contribution in [3.05, 3.63) is 53.9 Å². The lowest BCUT2D eigenvalue weighted by atomic mass is 10.1. The first-order valence-electron chi connectivity index (χ1n) is 6.12. The first-order valence-corrected chi connectivity index (χ1v) is 6.12. The maximum atomic E-state index is 4.38. The Morgan fingerprint density at radius 2 is 1.83 bits per heavy atom. The van der Waals surface area contributed by atoms with Gasteiger partial charge in [-0.2, -0.15) is 0 Å². The summed E-state index contributed by atoms with van der Waals surface area (Å²) in [4.78, 5) is 12.8. The van der Waals surface area contributed by atoms with Gasteiger partial charge in [0.2, 0.25) is 0 Å². The Labute approximate surface area is 108 Å². The second-order valence-corrected chi connectivity index (χ2v) is 4.42. The van der Waals surface area contributed by atoms with Gasteiger partial charge in [0.15, 0.2) is 0 Å². The highest BCUT2D eigenvalue weighted by molar-refractivity contribution is 5.16. The molecule has 0 spiro atoms. The molecule has 4 nitrogen and oxygen atoms in total. The van der Waals surface area contributed by atoms with Gasteiger partial charge >= 0.3 is 0 Å². The molecule has 0 bridgehead atoms. The summed E-state index contributed by atoms with van der Waals surface area (Å²) in [5.41, 5.74) is 3.13. The fraction of sp³-hybridized carbons (Fsp3) is 0.357. The van der Waals surface area contributed by atoms with Crippen LogP contribution in [-0.4, -0.2) is 15.0 Å². The van der Waals surface area contributed by atoms with Crippen molar-refractivity contribution >= 4 is 0 Å². The van der Waals surface area contributed by atoms with Gasteiger partial charge in [0.05, 0.1) is 11.4 Å². The van der Waals surface area contributed by atoms with Gasteiger partial charge in [-0.25, -0.2) is 0 Å². The Bertz CT molecular complexity index is 498. The first-order chi connectivity index (χ1) is 8.68. The van der Waals surface area contributed by atoms with E-state index in [1.807, 2.05) is 19.2 Å². The molecule has 0 aromatic carbocycles. The third kappa shape index (κ3) is 2.90. The highest BCUT2D eigenvalue weighted by Crippen LogP contribution is 2.18. The van der Waals surface area contributed by atoms with Crippen LogP contribution >= 0.6 is 0 Å². The average molecular weight is 242 g/mol. The van der Waals surface area contributed by atoms with E-state index in [2.05, 4.69) is 40.2 Å². The Hall–Kier alpha value is -1.81. The van der Waals surface area contributed by atoms with Crippen LogP contribution in [0, 0.1) is 6.92 Å². The minimum Gasteiger partial charge on any atom is -0.302 e. The van der Waals surface area contributed by atoms with E-state index >= 15 is 0 Å². The van der Waals surface area contributed by atoms with Crippen molar-refractivity contribution in [2.24, 2.45) is 0 Å². The van der Waals surface area contributed by atoms with Crippen molar-refractivity contribution < 1.29 is 0 Å². The van der Waals surface area contributed by atoms with Crippen molar-refractivity contribution in [2.75, 3.05) is 0 Å². The SMILES string of the molecule is Cc1nccnc1C(C)NC(C)c1cccnc1. The van der Waals surface area contributed by atoms with Crippen LogP contribution in [0.25, 0.3) is 0 Å². The maximum Gasteiger partial charge on any atom is 0.0782 e. The Morgan fingerprint density at radius 3 is 2.50 bits per heavy atom. The highest BCUT2D eigenvalue weighted by Gasteiger charge is 2.14.